The van der Waals surface area contributed by atoms with Crippen molar-refractivity contribution >= 4 is 29.4 Å². The Labute approximate surface area is 243 Å². The van der Waals surface area contributed by atoms with Crippen LogP contribution in [0.15, 0.2) is 30.5 Å². The first-order valence-corrected chi connectivity index (χ1v) is 14.2. The first kappa shape index (κ1) is 31.5. The van der Waals surface area contributed by atoms with Gasteiger partial charge in [0.1, 0.15) is 17.5 Å². The summed E-state index contributed by atoms with van der Waals surface area (Å²) >= 11 is 0. The lowest BCUT2D eigenvalue weighted by molar-refractivity contribution is 0.0172. The molecule has 11 nitrogen and oxygen atoms in total. The lowest BCUT2D eigenvalue weighted by Gasteiger charge is -2.40. The van der Waals surface area contributed by atoms with Crippen LogP contribution in [0.4, 0.5) is 26.9 Å². The zero-order chi connectivity index (χ0) is 30.2. The van der Waals surface area contributed by atoms with Gasteiger partial charge in [-0.15, -0.1) is 0 Å². The summed E-state index contributed by atoms with van der Waals surface area (Å²) in [7, 11) is 3.20. The molecule has 3 N–H and O–H groups in total. The number of hydrogen-bond acceptors (Lipinski definition) is 8. The number of carbonyl (C=O) groups is 2. The number of aromatic nitrogens is 2. The maximum absolute atomic E-state index is 12.4. The van der Waals surface area contributed by atoms with Crippen molar-refractivity contribution in [3.8, 4) is 6.07 Å². The predicted molar refractivity (Wildman–Crippen MR) is 160 cm³/mol. The van der Waals surface area contributed by atoms with Crippen LogP contribution >= 0.6 is 0 Å². The molecular formula is C30H44N8O3. The van der Waals surface area contributed by atoms with E-state index < -0.39 is 11.6 Å². The molecule has 4 rings (SSSR count). The van der Waals surface area contributed by atoms with Gasteiger partial charge in [-0.3, -0.25) is 0 Å². The fraction of sp³-hybridized carbons (Fsp3) is 0.567. The minimum absolute atomic E-state index is 0.0111. The third-order valence-electron chi connectivity index (χ3n) is 7.35. The molecule has 3 amide bonds. The van der Waals surface area contributed by atoms with E-state index in [2.05, 4.69) is 40.3 Å². The van der Waals surface area contributed by atoms with Crippen molar-refractivity contribution in [2.24, 2.45) is 5.73 Å². The maximum atomic E-state index is 12.4. The number of nitrogens with zero attached hydrogens (tertiary/aromatic N) is 6. The number of primary amides is 1. The van der Waals surface area contributed by atoms with E-state index in [1.165, 1.54) is 16.9 Å². The molecule has 2 fully saturated rings. The fourth-order valence-electron chi connectivity index (χ4n) is 4.71. The number of hydrogen-bond donors (Lipinski definition) is 2. The number of rotatable bonds is 4. The summed E-state index contributed by atoms with van der Waals surface area (Å²) < 4.78 is 5.53. The van der Waals surface area contributed by atoms with Gasteiger partial charge in [-0.25, -0.2) is 19.6 Å². The quantitative estimate of drug-likeness (QED) is 0.529. The molecule has 0 spiro atoms. The molecule has 1 aromatic heterocycles. The van der Waals surface area contributed by atoms with Gasteiger partial charge in [0.25, 0.3) is 0 Å². The van der Waals surface area contributed by atoms with Crippen molar-refractivity contribution in [3.63, 3.8) is 0 Å². The number of ether oxygens (including phenoxy) is 1. The molecule has 11 heteroatoms. The van der Waals surface area contributed by atoms with Gasteiger partial charge in [0.2, 0.25) is 0 Å². The number of urea groups is 1. The number of carbonyl (C=O) groups excluding carboxylic acids is 2. The lowest BCUT2D eigenvalue weighted by atomic mass is 9.74. The summed E-state index contributed by atoms with van der Waals surface area (Å²) in [5.74, 6) is 1.30. The number of anilines is 3. The highest BCUT2D eigenvalue weighted by Gasteiger charge is 2.34. The largest absolute Gasteiger partial charge is 0.444 e. The molecule has 0 atom stereocenters. The van der Waals surface area contributed by atoms with Crippen LogP contribution in [0.25, 0.3) is 0 Å². The number of benzene rings is 1. The minimum atomic E-state index is -0.482. The second kappa shape index (κ2) is 13.5. The Morgan fingerprint density at radius 2 is 1.66 bits per heavy atom. The van der Waals surface area contributed by atoms with Gasteiger partial charge < -0.3 is 30.5 Å². The van der Waals surface area contributed by atoms with Crippen LogP contribution in [0.1, 0.15) is 71.1 Å². The second-order valence-electron chi connectivity index (χ2n) is 12.0. The lowest BCUT2D eigenvalue weighted by Crippen LogP contribution is -2.45. The van der Waals surface area contributed by atoms with E-state index in [1.807, 2.05) is 32.9 Å². The normalized spacial score (nSPS) is 16.5. The molecule has 222 valence electrons. The zero-order valence-corrected chi connectivity index (χ0v) is 25.2. The first-order chi connectivity index (χ1) is 19.3. The highest BCUT2D eigenvalue weighted by molar-refractivity contribution is 5.71. The molecule has 0 radical (unpaired) electrons. The van der Waals surface area contributed by atoms with Gasteiger partial charge in [-0.2, -0.15) is 5.26 Å². The third kappa shape index (κ3) is 8.96. The summed E-state index contributed by atoms with van der Waals surface area (Å²) in [6.07, 6.45) is 6.76. The van der Waals surface area contributed by atoms with Crippen LogP contribution in [-0.2, 0) is 10.2 Å². The molecule has 1 aromatic carbocycles. The smallest absolute Gasteiger partial charge is 0.410 e. The molecule has 0 saturated carbocycles. The summed E-state index contributed by atoms with van der Waals surface area (Å²) in [4.78, 5) is 36.7. The number of nitrogens with two attached hydrogens (primary N) is 1. The van der Waals surface area contributed by atoms with Crippen molar-refractivity contribution in [1.29, 1.82) is 5.26 Å². The van der Waals surface area contributed by atoms with E-state index in [4.69, 9.17) is 15.5 Å². The maximum Gasteiger partial charge on any atom is 0.410 e. The van der Waals surface area contributed by atoms with Crippen molar-refractivity contribution in [2.45, 2.75) is 70.8 Å². The van der Waals surface area contributed by atoms with Crippen molar-refractivity contribution in [2.75, 3.05) is 50.5 Å². The summed E-state index contributed by atoms with van der Waals surface area (Å²) in [5.41, 5.74) is 6.62. The van der Waals surface area contributed by atoms with Crippen LogP contribution in [0, 0.1) is 11.3 Å². The predicted octanol–water partition coefficient (Wildman–Crippen LogP) is 5.00. The fourth-order valence-corrected chi connectivity index (χ4v) is 4.71. The van der Waals surface area contributed by atoms with Crippen molar-refractivity contribution < 1.29 is 14.3 Å². The molecule has 2 saturated heterocycles. The van der Waals surface area contributed by atoms with Crippen LogP contribution in [0.5, 0.6) is 0 Å². The molecule has 41 heavy (non-hydrogen) atoms. The Morgan fingerprint density at radius 1 is 1.07 bits per heavy atom. The van der Waals surface area contributed by atoms with Gasteiger partial charge >= 0.3 is 12.1 Å². The van der Waals surface area contributed by atoms with Crippen LogP contribution in [-0.4, -0.2) is 77.8 Å². The SMILES string of the molecule is CC(C)(C)OC(=O)N1CCC(C)(c2ccc(Nc3nc(N4CCCCC4)cnc3C#N)cc2)CC1.CN(C)C(N)=O. The molecule has 2 aliphatic rings. The first-order valence-electron chi connectivity index (χ1n) is 14.2. The Morgan fingerprint density at radius 3 is 2.17 bits per heavy atom. The monoisotopic (exact) mass is 564 g/mol. The van der Waals surface area contributed by atoms with Crippen molar-refractivity contribution in [3.05, 3.63) is 41.7 Å². The van der Waals surface area contributed by atoms with Gasteiger partial charge in [-0.1, -0.05) is 19.1 Å². The Balaban J connectivity index is 0.000000696. The third-order valence-corrected chi connectivity index (χ3v) is 7.35. The molecule has 0 aliphatic carbocycles. The van der Waals surface area contributed by atoms with E-state index in [9.17, 15) is 14.9 Å². The summed E-state index contributed by atoms with van der Waals surface area (Å²) in [5, 5.41) is 12.8. The van der Waals surface area contributed by atoms with Gasteiger partial charge in [0, 0.05) is 46.0 Å². The highest BCUT2D eigenvalue weighted by atomic mass is 16.6. The van der Waals surface area contributed by atoms with E-state index >= 15 is 0 Å². The zero-order valence-electron chi connectivity index (χ0n) is 25.2. The highest BCUT2D eigenvalue weighted by Crippen LogP contribution is 2.36. The molecule has 2 aliphatic heterocycles. The van der Waals surface area contributed by atoms with Gasteiger partial charge in [0.05, 0.1) is 6.20 Å². The molecule has 0 unspecified atom stereocenters. The van der Waals surface area contributed by atoms with Gasteiger partial charge in [0.15, 0.2) is 11.5 Å². The molecule has 2 aromatic rings. The van der Waals surface area contributed by atoms with Crippen LogP contribution in [0.2, 0.25) is 0 Å². The van der Waals surface area contributed by atoms with Gasteiger partial charge in [-0.05, 0) is 76.0 Å². The van der Waals surface area contributed by atoms with Crippen LogP contribution in [0.3, 0.4) is 0 Å². The Hall–Kier alpha value is -4.07. The summed E-state index contributed by atoms with van der Waals surface area (Å²) in [6, 6.07) is 10.0. The number of nitriles is 1. The van der Waals surface area contributed by atoms with Crippen molar-refractivity contribution in [1.82, 2.24) is 19.8 Å². The topological polar surface area (TPSA) is 141 Å². The minimum Gasteiger partial charge on any atom is -0.444 e. The number of piperidine rings is 2. The molecular weight excluding hydrogens is 520 g/mol. The number of nitrogens with one attached hydrogen (secondary N) is 1. The Kier molecular flexibility index (Phi) is 10.4. The standard InChI is InChI=1S/C27H36N6O2.C3H8N2O/c1-26(2,3)35-25(34)33-16-12-27(4,13-17-33)20-8-10-21(11-9-20)30-24-22(18-28)29-19-23(31-24)32-14-6-5-7-15-32;1-5(2)3(4)6/h8-11,19H,5-7,12-17H2,1-4H3,(H,30,31);1-2H3,(H2,4,6). The molecule has 0 bridgehead atoms. The van der Waals surface area contributed by atoms with E-state index in [1.54, 1.807) is 25.2 Å². The van der Waals surface area contributed by atoms with Crippen LogP contribution < -0.4 is 16.0 Å². The number of likely N-dealkylation sites (tertiary alicyclic amines) is 1. The Bertz CT molecular complexity index is 1220. The number of amides is 3. The van der Waals surface area contributed by atoms with E-state index in [-0.39, 0.29) is 17.2 Å². The second-order valence-corrected chi connectivity index (χ2v) is 12.0. The van der Waals surface area contributed by atoms with E-state index in [0.29, 0.717) is 18.9 Å². The molecule has 3 heterocycles. The average molecular weight is 565 g/mol. The van der Waals surface area contributed by atoms with E-state index in [0.717, 1.165) is 50.3 Å². The average Bonchev–Trinajstić information content (AvgIpc) is 2.93. The summed E-state index contributed by atoms with van der Waals surface area (Å²) in [6.45, 7) is 11.2.